The van der Waals surface area contributed by atoms with Gasteiger partial charge in [-0.3, -0.25) is 0 Å². The van der Waals surface area contributed by atoms with Crippen LogP contribution >= 0.6 is 0 Å². The van der Waals surface area contributed by atoms with Crippen LogP contribution in [0, 0.1) is 5.92 Å². The Hall–Kier alpha value is -0.860. The molecule has 0 aliphatic carbocycles. The molecule has 0 aromatic heterocycles. The Labute approximate surface area is 104 Å². The van der Waals surface area contributed by atoms with Crippen LogP contribution in [-0.4, -0.2) is 12.7 Å². The van der Waals surface area contributed by atoms with Crippen LogP contribution in [0.5, 0.6) is 0 Å². The van der Waals surface area contributed by atoms with E-state index in [2.05, 4.69) is 26.0 Å². The van der Waals surface area contributed by atoms with Gasteiger partial charge in [0.15, 0.2) is 6.29 Å². The van der Waals surface area contributed by atoms with E-state index in [4.69, 9.17) is 9.47 Å². The van der Waals surface area contributed by atoms with Crippen LogP contribution in [0.15, 0.2) is 30.3 Å². The van der Waals surface area contributed by atoms with Gasteiger partial charge in [-0.1, -0.05) is 50.6 Å². The molecule has 2 rings (SSSR count). The molecule has 0 unspecified atom stereocenters. The summed E-state index contributed by atoms with van der Waals surface area (Å²) in [5.74, 6) is 0.551. The fourth-order valence-corrected chi connectivity index (χ4v) is 2.38. The summed E-state index contributed by atoms with van der Waals surface area (Å²) < 4.78 is 11.9. The summed E-state index contributed by atoms with van der Waals surface area (Å²) in [7, 11) is 0. The van der Waals surface area contributed by atoms with E-state index in [1.165, 1.54) is 6.42 Å². The average molecular weight is 234 g/mol. The van der Waals surface area contributed by atoms with Crippen molar-refractivity contribution in [2.45, 2.75) is 45.5 Å². The predicted molar refractivity (Wildman–Crippen MR) is 68.7 cm³/mol. The number of hydrogen-bond acceptors (Lipinski definition) is 2. The molecule has 2 heteroatoms. The van der Waals surface area contributed by atoms with Crippen LogP contribution in [0.2, 0.25) is 0 Å². The first-order valence-corrected chi connectivity index (χ1v) is 6.67. The normalized spacial score (nSPS) is 29.2. The summed E-state index contributed by atoms with van der Waals surface area (Å²) >= 11 is 0. The molecule has 1 aromatic rings. The summed E-state index contributed by atoms with van der Waals surface area (Å²) in [4.78, 5) is 0. The zero-order valence-electron chi connectivity index (χ0n) is 10.8. The fraction of sp³-hybridized carbons (Fsp3) is 0.600. The van der Waals surface area contributed by atoms with Gasteiger partial charge in [0.1, 0.15) is 0 Å². The molecular formula is C15H22O2. The molecule has 0 N–H and O–H groups in total. The van der Waals surface area contributed by atoms with Crippen molar-refractivity contribution in [3.05, 3.63) is 35.9 Å². The summed E-state index contributed by atoms with van der Waals surface area (Å²) in [6.45, 7) is 5.24. The Morgan fingerprint density at radius 3 is 2.59 bits per heavy atom. The minimum absolute atomic E-state index is 0.171. The zero-order valence-corrected chi connectivity index (χ0v) is 10.8. The minimum atomic E-state index is -0.171. The van der Waals surface area contributed by atoms with Crippen molar-refractivity contribution in [2.75, 3.05) is 6.61 Å². The van der Waals surface area contributed by atoms with Crippen molar-refractivity contribution >= 4 is 0 Å². The van der Waals surface area contributed by atoms with Crippen molar-refractivity contribution in [2.24, 2.45) is 5.92 Å². The van der Waals surface area contributed by atoms with Gasteiger partial charge in [0.2, 0.25) is 0 Å². The van der Waals surface area contributed by atoms with Gasteiger partial charge in [-0.25, -0.2) is 0 Å². The lowest BCUT2D eigenvalue weighted by Gasteiger charge is -2.36. The second-order valence-corrected chi connectivity index (χ2v) is 4.71. The van der Waals surface area contributed by atoms with Crippen molar-refractivity contribution in [3.8, 4) is 0 Å². The van der Waals surface area contributed by atoms with Gasteiger partial charge in [-0.2, -0.15) is 0 Å². The lowest BCUT2D eigenvalue weighted by atomic mass is 9.95. The van der Waals surface area contributed by atoms with E-state index in [0.717, 1.165) is 25.0 Å². The Bertz CT molecular complexity index is 323. The highest BCUT2D eigenvalue weighted by Gasteiger charge is 2.30. The number of hydrogen-bond donors (Lipinski definition) is 0. The maximum atomic E-state index is 6.09. The van der Waals surface area contributed by atoms with Crippen molar-refractivity contribution in [3.63, 3.8) is 0 Å². The molecule has 1 heterocycles. The number of benzene rings is 1. The third kappa shape index (κ3) is 3.08. The summed E-state index contributed by atoms with van der Waals surface area (Å²) in [6, 6.07) is 10.2. The van der Waals surface area contributed by atoms with E-state index in [-0.39, 0.29) is 6.29 Å². The Balaban J connectivity index is 2.03. The highest BCUT2D eigenvalue weighted by molar-refractivity contribution is 5.16. The van der Waals surface area contributed by atoms with Crippen LogP contribution in [-0.2, 0) is 9.47 Å². The lowest BCUT2D eigenvalue weighted by molar-refractivity contribution is -0.243. The third-order valence-electron chi connectivity index (χ3n) is 3.46. The van der Waals surface area contributed by atoms with Gasteiger partial charge in [-0.05, 0) is 12.8 Å². The Morgan fingerprint density at radius 1 is 1.18 bits per heavy atom. The van der Waals surface area contributed by atoms with Gasteiger partial charge in [-0.15, -0.1) is 0 Å². The minimum Gasteiger partial charge on any atom is -0.348 e. The van der Waals surface area contributed by atoms with Crippen LogP contribution in [0.25, 0.3) is 0 Å². The second-order valence-electron chi connectivity index (χ2n) is 4.71. The average Bonchev–Trinajstić information content (AvgIpc) is 2.40. The highest BCUT2D eigenvalue weighted by Crippen LogP contribution is 2.32. The zero-order chi connectivity index (χ0) is 12.1. The summed E-state index contributed by atoms with van der Waals surface area (Å²) in [5, 5.41) is 0. The van der Waals surface area contributed by atoms with Gasteiger partial charge in [0.25, 0.3) is 0 Å². The van der Waals surface area contributed by atoms with Crippen molar-refractivity contribution in [1.82, 2.24) is 0 Å². The van der Waals surface area contributed by atoms with E-state index >= 15 is 0 Å². The van der Waals surface area contributed by atoms with Crippen LogP contribution in [0.3, 0.4) is 0 Å². The molecule has 0 bridgehead atoms. The molecule has 0 radical (unpaired) electrons. The molecule has 1 saturated heterocycles. The van der Waals surface area contributed by atoms with Crippen LogP contribution in [0.4, 0.5) is 0 Å². The van der Waals surface area contributed by atoms with Crippen LogP contribution < -0.4 is 0 Å². The topological polar surface area (TPSA) is 18.5 Å². The first-order valence-electron chi connectivity index (χ1n) is 6.67. The largest absolute Gasteiger partial charge is 0.348 e. The van der Waals surface area contributed by atoms with E-state index in [1.54, 1.807) is 0 Å². The third-order valence-corrected chi connectivity index (χ3v) is 3.46. The van der Waals surface area contributed by atoms with Gasteiger partial charge in [0.05, 0.1) is 12.7 Å². The molecule has 1 aliphatic heterocycles. The molecule has 2 nitrogen and oxygen atoms in total. The maximum absolute atomic E-state index is 6.09. The van der Waals surface area contributed by atoms with E-state index < -0.39 is 0 Å². The molecule has 1 aliphatic rings. The molecule has 0 saturated carbocycles. The first kappa shape index (κ1) is 12.6. The SMILES string of the molecule is CCC[C@@H]1O[C@@H](c2ccccc2)OC[C@H]1CC. The van der Waals surface area contributed by atoms with Crippen LogP contribution in [0.1, 0.15) is 45.0 Å². The predicted octanol–water partition coefficient (Wildman–Crippen LogP) is 3.93. The molecule has 0 spiro atoms. The molecule has 1 fully saturated rings. The van der Waals surface area contributed by atoms with E-state index in [9.17, 15) is 0 Å². The van der Waals surface area contributed by atoms with Gasteiger partial charge in [0, 0.05) is 11.5 Å². The molecule has 94 valence electrons. The van der Waals surface area contributed by atoms with Gasteiger partial charge < -0.3 is 9.47 Å². The summed E-state index contributed by atoms with van der Waals surface area (Å²) in [5.41, 5.74) is 1.13. The molecular weight excluding hydrogens is 212 g/mol. The second kappa shape index (κ2) is 6.18. The molecule has 17 heavy (non-hydrogen) atoms. The monoisotopic (exact) mass is 234 g/mol. The summed E-state index contributed by atoms with van der Waals surface area (Å²) in [6.07, 6.45) is 3.61. The van der Waals surface area contributed by atoms with Crippen molar-refractivity contribution < 1.29 is 9.47 Å². The quantitative estimate of drug-likeness (QED) is 0.786. The highest BCUT2D eigenvalue weighted by atomic mass is 16.7. The lowest BCUT2D eigenvalue weighted by Crippen LogP contribution is -2.35. The fourth-order valence-electron chi connectivity index (χ4n) is 2.38. The number of rotatable bonds is 4. The van der Waals surface area contributed by atoms with E-state index in [1.807, 2.05) is 18.2 Å². The first-order chi connectivity index (χ1) is 8.35. The standard InChI is InChI=1S/C15H22O2/c1-3-8-14-12(4-2)11-16-15(17-14)13-9-6-5-7-10-13/h5-7,9-10,12,14-15H,3-4,8,11H2,1-2H3/t12-,14+,15+/m1/s1. The molecule has 3 atom stereocenters. The smallest absolute Gasteiger partial charge is 0.184 e. The Kier molecular flexibility index (Phi) is 4.57. The Morgan fingerprint density at radius 2 is 1.94 bits per heavy atom. The number of ether oxygens (including phenoxy) is 2. The molecule has 1 aromatic carbocycles. The van der Waals surface area contributed by atoms with E-state index in [0.29, 0.717) is 12.0 Å². The van der Waals surface area contributed by atoms with Crippen molar-refractivity contribution in [1.29, 1.82) is 0 Å². The maximum Gasteiger partial charge on any atom is 0.184 e. The van der Waals surface area contributed by atoms with Gasteiger partial charge >= 0.3 is 0 Å². The molecule has 0 amide bonds.